The quantitative estimate of drug-likeness (QED) is 0.317. The molecule has 0 radical (unpaired) electrons. The molecule has 11 heteroatoms. The Morgan fingerprint density at radius 3 is 2.43 bits per heavy atom. The van der Waals surface area contributed by atoms with E-state index in [4.69, 9.17) is 20.3 Å². The number of hydrazine groups is 1. The number of hydrogen-bond acceptors (Lipinski definition) is 8. The normalized spacial score (nSPS) is 27.2. The number of aliphatic carboxylic acids is 1. The molecule has 5 atom stereocenters. The van der Waals surface area contributed by atoms with Crippen LogP contribution in [0.3, 0.4) is 0 Å². The number of carboxylic acid groups (broad SMARTS) is 1. The van der Waals surface area contributed by atoms with Gasteiger partial charge in [0.2, 0.25) is 6.29 Å². The molecular weight excluding hydrogens is 374 g/mol. The number of rotatable bonds is 5. The van der Waals surface area contributed by atoms with Gasteiger partial charge in [-0.15, -0.1) is 0 Å². The second-order valence-corrected chi connectivity index (χ2v) is 6.13. The molecule has 0 aromatic heterocycles. The number of carboxylic acids is 1. The number of aliphatic hydroxyl groups excluding tert-OH is 3. The molecule has 28 heavy (non-hydrogen) atoms. The smallest absolute Gasteiger partial charge is 0.335 e. The van der Waals surface area contributed by atoms with Crippen LogP contribution >= 0.6 is 0 Å². The van der Waals surface area contributed by atoms with E-state index in [1.165, 1.54) is 0 Å². The highest BCUT2D eigenvalue weighted by atomic mass is 16.7. The summed E-state index contributed by atoms with van der Waals surface area (Å²) in [6.45, 7) is 0. The molecule has 1 aliphatic rings. The number of aliphatic hydroxyl groups is 3. The van der Waals surface area contributed by atoms with Crippen molar-refractivity contribution in [3.05, 3.63) is 36.4 Å². The number of anilines is 1. The number of carbonyl (C=O) groups is 2. The van der Waals surface area contributed by atoms with Crippen molar-refractivity contribution in [2.45, 2.75) is 30.7 Å². The van der Waals surface area contributed by atoms with Gasteiger partial charge in [-0.05, 0) is 11.5 Å². The largest absolute Gasteiger partial charge is 0.479 e. The van der Waals surface area contributed by atoms with Crippen molar-refractivity contribution in [2.75, 3.05) is 5.43 Å². The molecule has 1 heterocycles. The van der Waals surface area contributed by atoms with Gasteiger partial charge in [0.15, 0.2) is 11.9 Å². The summed E-state index contributed by atoms with van der Waals surface area (Å²) in [5.74, 6) is -1.43. The Bertz CT molecular complexity index is 892. The van der Waals surface area contributed by atoms with Crippen LogP contribution in [-0.2, 0) is 9.53 Å². The zero-order valence-corrected chi connectivity index (χ0v) is 14.4. The number of carbonyl (C=O) groups excluding carboxylic acids is 1. The molecule has 2 amide bonds. The molecule has 150 valence electrons. The van der Waals surface area contributed by atoms with Gasteiger partial charge in [0, 0.05) is 5.39 Å². The van der Waals surface area contributed by atoms with Crippen molar-refractivity contribution >= 4 is 28.5 Å². The minimum Gasteiger partial charge on any atom is -0.479 e. The zero-order chi connectivity index (χ0) is 20.4. The van der Waals surface area contributed by atoms with Crippen LogP contribution in [0.4, 0.5) is 10.5 Å². The van der Waals surface area contributed by atoms with Crippen molar-refractivity contribution < 1.29 is 39.5 Å². The van der Waals surface area contributed by atoms with Crippen LogP contribution in [0.25, 0.3) is 10.8 Å². The van der Waals surface area contributed by atoms with E-state index in [1.54, 1.807) is 36.4 Å². The van der Waals surface area contributed by atoms with Crippen LogP contribution in [0.5, 0.6) is 5.75 Å². The fraction of sp³-hybridized carbons (Fsp3) is 0.294. The van der Waals surface area contributed by atoms with E-state index in [0.717, 1.165) is 5.39 Å². The van der Waals surface area contributed by atoms with Gasteiger partial charge in [-0.2, -0.15) is 0 Å². The Morgan fingerprint density at radius 1 is 1.04 bits per heavy atom. The van der Waals surface area contributed by atoms with Crippen molar-refractivity contribution in [2.24, 2.45) is 5.73 Å². The molecule has 2 aromatic rings. The minimum absolute atomic E-state index is 0.101. The Labute approximate surface area is 158 Å². The molecule has 3 rings (SSSR count). The maximum Gasteiger partial charge on any atom is 0.335 e. The second kappa shape index (κ2) is 7.86. The van der Waals surface area contributed by atoms with Crippen molar-refractivity contribution in [3.63, 3.8) is 0 Å². The second-order valence-electron chi connectivity index (χ2n) is 6.13. The molecule has 1 fully saturated rings. The number of ether oxygens (including phenoxy) is 2. The monoisotopic (exact) mass is 393 g/mol. The van der Waals surface area contributed by atoms with Crippen LogP contribution in [-0.4, -0.2) is 63.1 Å². The summed E-state index contributed by atoms with van der Waals surface area (Å²) in [5.41, 5.74) is 10.0. The number of amides is 2. The van der Waals surface area contributed by atoms with Gasteiger partial charge in [0.1, 0.15) is 18.3 Å². The highest BCUT2D eigenvalue weighted by molar-refractivity contribution is 5.93. The van der Waals surface area contributed by atoms with Gasteiger partial charge < -0.3 is 35.6 Å². The summed E-state index contributed by atoms with van der Waals surface area (Å²) in [6, 6.07) is 9.40. The van der Waals surface area contributed by atoms with Crippen LogP contribution in [0.15, 0.2) is 36.4 Å². The fourth-order valence-corrected chi connectivity index (χ4v) is 2.86. The number of primary amides is 1. The van der Waals surface area contributed by atoms with E-state index >= 15 is 0 Å². The van der Waals surface area contributed by atoms with E-state index in [-0.39, 0.29) is 11.4 Å². The van der Waals surface area contributed by atoms with Gasteiger partial charge in [-0.1, -0.05) is 30.3 Å². The lowest BCUT2D eigenvalue weighted by atomic mass is 9.99. The SMILES string of the molecule is NC(=O)NNc1ccc2ccccc2c1O[C@@H]1O[C@H](C(=O)O)[C@@H](O)[C@H](O)[C@H]1O. The lowest BCUT2D eigenvalue weighted by molar-refractivity contribution is -0.270. The fourth-order valence-electron chi connectivity index (χ4n) is 2.86. The Morgan fingerprint density at radius 2 is 1.75 bits per heavy atom. The first kappa shape index (κ1) is 19.6. The van der Waals surface area contributed by atoms with Gasteiger partial charge in [-0.25, -0.2) is 9.59 Å². The third-order valence-corrected chi connectivity index (χ3v) is 4.25. The molecule has 0 aliphatic carbocycles. The van der Waals surface area contributed by atoms with Crippen molar-refractivity contribution in [1.82, 2.24) is 5.43 Å². The lowest BCUT2D eigenvalue weighted by Crippen LogP contribution is -2.61. The van der Waals surface area contributed by atoms with Crippen LogP contribution < -0.4 is 21.3 Å². The van der Waals surface area contributed by atoms with Gasteiger partial charge in [0.05, 0.1) is 5.69 Å². The highest BCUT2D eigenvalue weighted by Crippen LogP contribution is 2.36. The van der Waals surface area contributed by atoms with Crippen LogP contribution in [0.2, 0.25) is 0 Å². The first-order valence-corrected chi connectivity index (χ1v) is 8.22. The number of nitrogens with two attached hydrogens (primary N) is 1. The molecule has 8 N–H and O–H groups in total. The van der Waals surface area contributed by atoms with Crippen molar-refractivity contribution in [1.29, 1.82) is 0 Å². The third-order valence-electron chi connectivity index (χ3n) is 4.25. The first-order chi connectivity index (χ1) is 13.3. The van der Waals surface area contributed by atoms with E-state index < -0.39 is 42.7 Å². The molecule has 1 saturated heterocycles. The number of fused-ring (bicyclic) bond motifs is 1. The van der Waals surface area contributed by atoms with Crippen LogP contribution in [0, 0.1) is 0 Å². The molecule has 2 aromatic carbocycles. The molecular formula is C17H19N3O8. The molecule has 0 unspecified atom stereocenters. The predicted molar refractivity (Wildman–Crippen MR) is 95.2 cm³/mol. The number of benzene rings is 2. The molecule has 0 spiro atoms. The Kier molecular flexibility index (Phi) is 5.51. The standard InChI is InChI=1S/C17H19N3O8/c18-17(26)20-19-9-6-5-7-3-1-2-4-8(7)13(9)27-16-12(23)10(21)11(22)14(28-16)15(24)25/h1-6,10-12,14,16,19,21-23H,(H,24,25)(H3,18,20,26)/t10-,11-,12+,14-,16+/m0/s1. The highest BCUT2D eigenvalue weighted by Gasteiger charge is 2.48. The summed E-state index contributed by atoms with van der Waals surface area (Å²) >= 11 is 0. The number of urea groups is 1. The maximum atomic E-state index is 11.3. The summed E-state index contributed by atoms with van der Waals surface area (Å²) in [5, 5.41) is 40.4. The van der Waals surface area contributed by atoms with E-state index in [1.807, 2.05) is 0 Å². The molecule has 0 saturated carbocycles. The third kappa shape index (κ3) is 3.77. The minimum atomic E-state index is -1.84. The summed E-state index contributed by atoms with van der Waals surface area (Å²) in [6.07, 6.45) is -8.80. The summed E-state index contributed by atoms with van der Waals surface area (Å²) in [7, 11) is 0. The van der Waals surface area contributed by atoms with Gasteiger partial charge in [0.25, 0.3) is 0 Å². The van der Waals surface area contributed by atoms with Gasteiger partial charge in [-0.3, -0.25) is 10.9 Å². The van der Waals surface area contributed by atoms with Crippen molar-refractivity contribution in [3.8, 4) is 5.75 Å². The summed E-state index contributed by atoms with van der Waals surface area (Å²) < 4.78 is 10.8. The Balaban J connectivity index is 1.98. The van der Waals surface area contributed by atoms with Crippen LogP contribution in [0.1, 0.15) is 0 Å². The van der Waals surface area contributed by atoms with E-state index in [9.17, 15) is 24.9 Å². The van der Waals surface area contributed by atoms with Gasteiger partial charge >= 0.3 is 12.0 Å². The van der Waals surface area contributed by atoms with E-state index in [2.05, 4.69) is 10.9 Å². The lowest BCUT2D eigenvalue weighted by Gasteiger charge is -2.38. The number of hydrogen-bond donors (Lipinski definition) is 7. The number of nitrogens with one attached hydrogen (secondary N) is 2. The average molecular weight is 393 g/mol. The Hall–Kier alpha value is -3.12. The van der Waals surface area contributed by atoms with E-state index in [0.29, 0.717) is 5.39 Å². The molecule has 1 aliphatic heterocycles. The first-order valence-electron chi connectivity index (χ1n) is 8.22. The molecule has 11 nitrogen and oxygen atoms in total. The predicted octanol–water partition coefficient (Wildman–Crippen LogP) is -0.894. The molecule has 0 bridgehead atoms. The average Bonchev–Trinajstić information content (AvgIpc) is 2.67. The maximum absolute atomic E-state index is 11.3. The topological polar surface area (TPSA) is 184 Å². The zero-order valence-electron chi connectivity index (χ0n) is 14.4. The summed E-state index contributed by atoms with van der Waals surface area (Å²) in [4.78, 5) is 22.3.